The highest BCUT2D eigenvalue weighted by atomic mass is 32.2. The lowest BCUT2D eigenvalue weighted by Crippen LogP contribution is -2.35. The van der Waals surface area contributed by atoms with Crippen molar-refractivity contribution in [1.29, 1.82) is 0 Å². The molecule has 0 radical (unpaired) electrons. The van der Waals surface area contributed by atoms with Gasteiger partial charge in [0.15, 0.2) is 0 Å². The fourth-order valence-electron chi connectivity index (χ4n) is 3.42. The quantitative estimate of drug-likeness (QED) is 0.466. The molecule has 1 aliphatic rings. The maximum atomic E-state index is 12.4. The summed E-state index contributed by atoms with van der Waals surface area (Å²) < 4.78 is 25.8. The van der Waals surface area contributed by atoms with Crippen LogP contribution in [0, 0.1) is 10.1 Å². The fourth-order valence-corrected chi connectivity index (χ4v) is 4.17. The summed E-state index contributed by atoms with van der Waals surface area (Å²) in [4.78, 5) is 22.8. The molecule has 10 heteroatoms. The molecule has 0 saturated carbocycles. The van der Waals surface area contributed by atoms with E-state index in [0.717, 1.165) is 30.9 Å². The van der Waals surface area contributed by atoms with Gasteiger partial charge in [0, 0.05) is 6.07 Å². The minimum absolute atomic E-state index is 0.0734. The van der Waals surface area contributed by atoms with Gasteiger partial charge in [0.2, 0.25) is 15.9 Å². The monoisotopic (exact) mass is 418 g/mol. The van der Waals surface area contributed by atoms with Crippen molar-refractivity contribution in [3.63, 3.8) is 0 Å². The van der Waals surface area contributed by atoms with Gasteiger partial charge in [-0.1, -0.05) is 24.3 Å². The Labute approximate surface area is 168 Å². The van der Waals surface area contributed by atoms with Gasteiger partial charge in [-0.05, 0) is 49.6 Å². The predicted molar refractivity (Wildman–Crippen MR) is 108 cm³/mol. The van der Waals surface area contributed by atoms with Crippen LogP contribution in [0.5, 0.6) is 0 Å². The van der Waals surface area contributed by atoms with Crippen LogP contribution in [0.2, 0.25) is 0 Å². The highest BCUT2D eigenvalue weighted by Gasteiger charge is 2.23. The third-order valence-corrected chi connectivity index (χ3v) is 6.30. The Morgan fingerprint density at radius 2 is 2.00 bits per heavy atom. The molecule has 154 valence electrons. The number of sulfonamides is 1. The van der Waals surface area contributed by atoms with Crippen molar-refractivity contribution in [3.8, 4) is 0 Å². The summed E-state index contributed by atoms with van der Waals surface area (Å²) in [5, 5.41) is 17.0. The number of amides is 1. The molecule has 2 aromatic carbocycles. The lowest BCUT2D eigenvalue weighted by atomic mass is 9.88. The number of benzene rings is 2. The van der Waals surface area contributed by atoms with Crippen LogP contribution in [0.25, 0.3) is 0 Å². The summed E-state index contributed by atoms with van der Waals surface area (Å²) in [5.74, 6) is -0.298. The first-order valence-electron chi connectivity index (χ1n) is 9.15. The molecular weight excluding hydrogens is 396 g/mol. The van der Waals surface area contributed by atoms with E-state index >= 15 is 0 Å². The lowest BCUT2D eigenvalue weighted by Gasteiger charge is -2.26. The number of hydrogen-bond acceptors (Lipinski definition) is 6. The summed E-state index contributed by atoms with van der Waals surface area (Å²) in [7, 11) is -2.59. The van der Waals surface area contributed by atoms with Crippen molar-refractivity contribution < 1.29 is 18.1 Å². The zero-order valence-electron chi connectivity index (χ0n) is 15.8. The first-order valence-corrected chi connectivity index (χ1v) is 10.6. The summed E-state index contributed by atoms with van der Waals surface area (Å²) in [6.07, 6.45) is 2.79. The van der Waals surface area contributed by atoms with Crippen LogP contribution in [0.3, 0.4) is 0 Å². The van der Waals surface area contributed by atoms with Crippen molar-refractivity contribution in [2.24, 2.45) is 0 Å². The second kappa shape index (κ2) is 8.58. The number of nitro groups is 1. The molecule has 2 aromatic rings. The second-order valence-corrected chi connectivity index (χ2v) is 8.59. The number of carbonyl (C=O) groups is 1. The van der Waals surface area contributed by atoms with Crippen LogP contribution >= 0.6 is 0 Å². The van der Waals surface area contributed by atoms with Crippen LogP contribution < -0.4 is 15.4 Å². The van der Waals surface area contributed by atoms with Crippen LogP contribution in [-0.4, -0.2) is 32.8 Å². The van der Waals surface area contributed by atoms with Crippen molar-refractivity contribution in [3.05, 3.63) is 63.7 Å². The molecule has 1 atom stereocenters. The minimum atomic E-state index is -3.81. The highest BCUT2D eigenvalue weighted by Crippen LogP contribution is 2.30. The Kier molecular flexibility index (Phi) is 6.14. The van der Waals surface area contributed by atoms with E-state index in [9.17, 15) is 23.3 Å². The lowest BCUT2D eigenvalue weighted by molar-refractivity contribution is -0.384. The van der Waals surface area contributed by atoms with Gasteiger partial charge in [-0.2, -0.15) is 0 Å². The molecule has 0 heterocycles. The SMILES string of the molecule is CNS(=O)(=O)c1ccc(NCC(=O)N[C@H]2CCCc3ccccc32)c([N+](=O)[O-])c1. The molecule has 0 spiro atoms. The Bertz CT molecular complexity index is 1040. The standard InChI is InChI=1S/C19H22N4O5S/c1-20-29(27,28)14-9-10-17(18(11-14)23(25)26)21-12-19(24)22-16-8-4-6-13-5-2-3-7-15(13)16/h2-3,5,7,9-11,16,20-21H,4,6,8,12H2,1H3,(H,22,24)/t16-/m0/s1. The molecule has 1 amide bonds. The fraction of sp³-hybridized carbons (Fsp3) is 0.316. The molecule has 0 fully saturated rings. The largest absolute Gasteiger partial charge is 0.371 e. The van der Waals surface area contributed by atoms with Gasteiger partial charge in [0.25, 0.3) is 5.69 Å². The third-order valence-electron chi connectivity index (χ3n) is 4.89. The summed E-state index contributed by atoms with van der Waals surface area (Å²) in [6, 6.07) is 11.4. The predicted octanol–water partition coefficient (Wildman–Crippen LogP) is 2.11. The van der Waals surface area contributed by atoms with E-state index in [1.165, 1.54) is 24.7 Å². The number of nitrogens with one attached hydrogen (secondary N) is 3. The number of anilines is 1. The molecule has 29 heavy (non-hydrogen) atoms. The summed E-state index contributed by atoms with van der Waals surface area (Å²) in [6.45, 7) is -0.169. The van der Waals surface area contributed by atoms with E-state index < -0.39 is 20.6 Å². The molecule has 9 nitrogen and oxygen atoms in total. The third kappa shape index (κ3) is 4.72. The van der Waals surface area contributed by atoms with Crippen molar-refractivity contribution in [2.45, 2.75) is 30.2 Å². The minimum Gasteiger partial charge on any atom is -0.371 e. The summed E-state index contributed by atoms with van der Waals surface area (Å²) >= 11 is 0. The highest BCUT2D eigenvalue weighted by molar-refractivity contribution is 7.89. The number of carbonyl (C=O) groups excluding carboxylic acids is 1. The molecule has 0 bridgehead atoms. The van der Waals surface area contributed by atoms with Crippen LogP contribution in [0.1, 0.15) is 30.0 Å². The molecule has 3 rings (SSSR count). The van der Waals surface area contributed by atoms with E-state index in [2.05, 4.69) is 21.4 Å². The number of rotatable bonds is 7. The molecule has 3 N–H and O–H groups in total. The average molecular weight is 418 g/mol. The van der Waals surface area contributed by atoms with Gasteiger partial charge in [-0.3, -0.25) is 14.9 Å². The maximum absolute atomic E-state index is 12.4. The number of hydrogen-bond donors (Lipinski definition) is 3. The Morgan fingerprint density at radius 3 is 2.72 bits per heavy atom. The first kappa shape index (κ1) is 20.7. The van der Waals surface area contributed by atoms with Crippen LogP contribution in [0.4, 0.5) is 11.4 Å². The van der Waals surface area contributed by atoms with Gasteiger partial charge >= 0.3 is 0 Å². The van der Waals surface area contributed by atoms with Crippen molar-refractivity contribution in [1.82, 2.24) is 10.0 Å². The van der Waals surface area contributed by atoms with Gasteiger partial charge in [0.1, 0.15) is 5.69 Å². The van der Waals surface area contributed by atoms with Crippen LogP contribution in [0.15, 0.2) is 47.4 Å². The van der Waals surface area contributed by atoms with Crippen molar-refractivity contribution >= 4 is 27.3 Å². The molecule has 0 aliphatic heterocycles. The van der Waals surface area contributed by atoms with E-state index in [0.29, 0.717) is 0 Å². The molecule has 0 aromatic heterocycles. The van der Waals surface area contributed by atoms with E-state index in [1.54, 1.807) is 0 Å². The van der Waals surface area contributed by atoms with E-state index in [1.807, 2.05) is 18.2 Å². The average Bonchev–Trinajstić information content (AvgIpc) is 2.72. The normalized spacial score (nSPS) is 16.0. The Morgan fingerprint density at radius 1 is 1.24 bits per heavy atom. The van der Waals surface area contributed by atoms with Gasteiger partial charge in [-0.25, -0.2) is 13.1 Å². The molecule has 1 aliphatic carbocycles. The van der Waals surface area contributed by atoms with Gasteiger partial charge in [-0.15, -0.1) is 0 Å². The number of nitrogens with zero attached hydrogens (tertiary/aromatic N) is 1. The molecular formula is C19H22N4O5S. The molecule has 0 saturated heterocycles. The molecule has 0 unspecified atom stereocenters. The number of nitro benzene ring substituents is 1. The number of aryl methyl sites for hydroxylation is 1. The Balaban J connectivity index is 1.70. The smallest absolute Gasteiger partial charge is 0.293 e. The van der Waals surface area contributed by atoms with Gasteiger partial charge in [0.05, 0.1) is 22.4 Å². The second-order valence-electron chi connectivity index (χ2n) is 6.71. The summed E-state index contributed by atoms with van der Waals surface area (Å²) in [5.41, 5.74) is 1.97. The zero-order chi connectivity index (χ0) is 21.0. The maximum Gasteiger partial charge on any atom is 0.293 e. The van der Waals surface area contributed by atoms with Gasteiger partial charge < -0.3 is 10.6 Å². The van der Waals surface area contributed by atoms with Crippen molar-refractivity contribution in [2.75, 3.05) is 18.9 Å². The van der Waals surface area contributed by atoms with E-state index in [-0.39, 0.29) is 29.1 Å². The van der Waals surface area contributed by atoms with Crippen LogP contribution in [-0.2, 0) is 21.2 Å². The zero-order valence-corrected chi connectivity index (χ0v) is 16.7. The van der Waals surface area contributed by atoms with E-state index in [4.69, 9.17) is 0 Å². The number of fused-ring (bicyclic) bond motifs is 1. The Hall–Kier alpha value is -2.98. The first-order chi connectivity index (χ1) is 13.8. The topological polar surface area (TPSA) is 130 Å².